The molecule has 0 atom stereocenters. The first-order valence-electron chi connectivity index (χ1n) is 4.61. The van der Waals surface area contributed by atoms with E-state index in [1.165, 1.54) is 19.2 Å². The zero-order valence-electron chi connectivity index (χ0n) is 8.47. The van der Waals surface area contributed by atoms with E-state index >= 15 is 0 Å². The third-order valence-electron chi connectivity index (χ3n) is 2.09. The lowest BCUT2D eigenvalue weighted by Crippen LogP contribution is -1.96. The number of aryl methyl sites for hydroxylation is 1. The van der Waals surface area contributed by atoms with Gasteiger partial charge in [0.15, 0.2) is 0 Å². The first kappa shape index (κ1) is 11.5. The van der Waals surface area contributed by atoms with Crippen molar-refractivity contribution < 1.29 is 14.8 Å². The summed E-state index contributed by atoms with van der Waals surface area (Å²) in [4.78, 5) is 10.0. The molecule has 0 aliphatic rings. The number of nitrogens with zero attached hydrogens (tertiary/aromatic N) is 1. The minimum Gasteiger partial charge on any atom is -0.496 e. The van der Waals surface area contributed by atoms with Crippen LogP contribution in [0.4, 0.5) is 5.69 Å². The van der Waals surface area contributed by atoms with Crippen LogP contribution in [0, 0.1) is 10.1 Å². The fourth-order valence-corrected chi connectivity index (χ4v) is 1.32. The molecule has 0 aromatic heterocycles. The summed E-state index contributed by atoms with van der Waals surface area (Å²) < 4.78 is 5.05. The molecule has 82 valence electrons. The second kappa shape index (κ2) is 5.31. The molecule has 1 aromatic rings. The van der Waals surface area contributed by atoms with Crippen molar-refractivity contribution in [2.24, 2.45) is 0 Å². The van der Waals surface area contributed by atoms with Crippen LogP contribution in [0.2, 0.25) is 0 Å². The van der Waals surface area contributed by atoms with Gasteiger partial charge in [0.25, 0.3) is 5.69 Å². The number of benzene rings is 1. The van der Waals surface area contributed by atoms with Crippen molar-refractivity contribution in [3.05, 3.63) is 33.9 Å². The Morgan fingerprint density at radius 3 is 2.80 bits per heavy atom. The number of rotatable bonds is 5. The van der Waals surface area contributed by atoms with E-state index in [-0.39, 0.29) is 12.3 Å². The van der Waals surface area contributed by atoms with Crippen molar-refractivity contribution in [3.63, 3.8) is 0 Å². The number of ether oxygens (including phenoxy) is 1. The molecule has 0 fully saturated rings. The highest BCUT2D eigenvalue weighted by Crippen LogP contribution is 2.25. The van der Waals surface area contributed by atoms with E-state index in [0.29, 0.717) is 18.6 Å². The lowest BCUT2D eigenvalue weighted by molar-refractivity contribution is -0.384. The van der Waals surface area contributed by atoms with E-state index in [1.807, 2.05) is 0 Å². The van der Waals surface area contributed by atoms with Gasteiger partial charge in [0.05, 0.1) is 18.1 Å². The largest absolute Gasteiger partial charge is 0.496 e. The molecule has 0 aliphatic heterocycles. The Labute approximate surface area is 87.5 Å². The Bertz CT molecular complexity index is 351. The van der Waals surface area contributed by atoms with Crippen LogP contribution in [0.25, 0.3) is 0 Å². The van der Waals surface area contributed by atoms with Crippen LogP contribution >= 0.6 is 0 Å². The van der Waals surface area contributed by atoms with Gasteiger partial charge in [-0.2, -0.15) is 0 Å². The van der Waals surface area contributed by atoms with E-state index in [0.717, 1.165) is 5.56 Å². The molecule has 1 rings (SSSR count). The van der Waals surface area contributed by atoms with Crippen LogP contribution < -0.4 is 4.74 Å². The summed E-state index contributed by atoms with van der Waals surface area (Å²) in [6.45, 7) is 0.0974. The summed E-state index contributed by atoms with van der Waals surface area (Å²) in [5, 5.41) is 19.2. The molecule has 1 aromatic carbocycles. The van der Waals surface area contributed by atoms with Gasteiger partial charge >= 0.3 is 0 Å². The van der Waals surface area contributed by atoms with E-state index in [9.17, 15) is 10.1 Å². The predicted molar refractivity (Wildman–Crippen MR) is 55.1 cm³/mol. The number of nitro benzene ring substituents is 1. The molecular weight excluding hydrogens is 198 g/mol. The summed E-state index contributed by atoms with van der Waals surface area (Å²) in [6, 6.07) is 4.49. The number of non-ortho nitro benzene ring substituents is 1. The number of methoxy groups -OCH3 is 1. The predicted octanol–water partition coefficient (Wildman–Crippen LogP) is 1.53. The van der Waals surface area contributed by atoms with E-state index in [1.54, 1.807) is 6.07 Å². The Morgan fingerprint density at radius 1 is 1.53 bits per heavy atom. The van der Waals surface area contributed by atoms with Crippen LogP contribution in [0.1, 0.15) is 12.0 Å². The number of aliphatic hydroxyl groups is 1. The van der Waals surface area contributed by atoms with Gasteiger partial charge < -0.3 is 9.84 Å². The maximum absolute atomic E-state index is 10.5. The molecule has 1 N–H and O–H groups in total. The molecule has 5 nitrogen and oxygen atoms in total. The molecule has 0 amide bonds. The SMILES string of the molecule is COc1cc([N+](=O)[O-])ccc1CCCO. The van der Waals surface area contributed by atoms with Crippen molar-refractivity contribution in [2.45, 2.75) is 12.8 Å². The maximum atomic E-state index is 10.5. The molecule has 0 unspecified atom stereocenters. The van der Waals surface area contributed by atoms with Gasteiger partial charge in [-0.05, 0) is 24.5 Å². The van der Waals surface area contributed by atoms with E-state index < -0.39 is 4.92 Å². The van der Waals surface area contributed by atoms with Crippen LogP contribution in [-0.4, -0.2) is 23.7 Å². The fourth-order valence-electron chi connectivity index (χ4n) is 1.32. The Hall–Kier alpha value is -1.62. The van der Waals surface area contributed by atoms with Gasteiger partial charge in [0.1, 0.15) is 5.75 Å². The highest BCUT2D eigenvalue weighted by molar-refractivity contribution is 5.44. The summed E-state index contributed by atoms with van der Waals surface area (Å²) in [7, 11) is 1.47. The average molecular weight is 211 g/mol. The van der Waals surface area contributed by atoms with Gasteiger partial charge in [0.2, 0.25) is 0 Å². The van der Waals surface area contributed by atoms with Gasteiger partial charge in [-0.15, -0.1) is 0 Å². The van der Waals surface area contributed by atoms with E-state index in [4.69, 9.17) is 9.84 Å². The summed E-state index contributed by atoms with van der Waals surface area (Å²) in [6.07, 6.45) is 1.27. The lowest BCUT2D eigenvalue weighted by Gasteiger charge is -2.06. The second-order valence-electron chi connectivity index (χ2n) is 3.08. The first-order valence-corrected chi connectivity index (χ1v) is 4.61. The molecular formula is C10H13NO4. The Morgan fingerprint density at radius 2 is 2.27 bits per heavy atom. The second-order valence-corrected chi connectivity index (χ2v) is 3.08. The molecule has 0 spiro atoms. The summed E-state index contributed by atoms with van der Waals surface area (Å²) in [5.41, 5.74) is 0.886. The highest BCUT2D eigenvalue weighted by Gasteiger charge is 2.10. The number of hydrogen-bond donors (Lipinski definition) is 1. The van der Waals surface area contributed by atoms with E-state index in [2.05, 4.69) is 0 Å². The first-order chi connectivity index (χ1) is 7.19. The average Bonchev–Trinajstić information content (AvgIpc) is 2.25. The fraction of sp³-hybridized carbons (Fsp3) is 0.400. The van der Waals surface area contributed by atoms with Gasteiger partial charge in [0, 0.05) is 12.7 Å². The zero-order chi connectivity index (χ0) is 11.3. The zero-order valence-corrected chi connectivity index (χ0v) is 8.47. The maximum Gasteiger partial charge on any atom is 0.273 e. The smallest absolute Gasteiger partial charge is 0.273 e. The van der Waals surface area contributed by atoms with Crippen LogP contribution in [-0.2, 0) is 6.42 Å². The van der Waals surface area contributed by atoms with Gasteiger partial charge in [-0.25, -0.2) is 0 Å². The third kappa shape index (κ3) is 2.92. The minimum absolute atomic E-state index is 0.0135. The van der Waals surface area contributed by atoms with Crippen molar-refractivity contribution in [3.8, 4) is 5.75 Å². The van der Waals surface area contributed by atoms with Crippen molar-refractivity contribution in [1.82, 2.24) is 0 Å². The summed E-state index contributed by atoms with van der Waals surface area (Å²) >= 11 is 0. The molecule has 5 heteroatoms. The van der Waals surface area contributed by atoms with Crippen molar-refractivity contribution >= 4 is 5.69 Å². The Kier molecular flexibility index (Phi) is 4.05. The molecule has 0 bridgehead atoms. The number of aliphatic hydroxyl groups excluding tert-OH is 1. The van der Waals surface area contributed by atoms with Crippen LogP contribution in [0.5, 0.6) is 5.75 Å². The van der Waals surface area contributed by atoms with Crippen LogP contribution in [0.15, 0.2) is 18.2 Å². The molecule has 0 aliphatic carbocycles. The summed E-state index contributed by atoms with van der Waals surface area (Å²) in [5.74, 6) is 0.498. The van der Waals surface area contributed by atoms with Crippen molar-refractivity contribution in [2.75, 3.05) is 13.7 Å². The molecule has 0 heterocycles. The topological polar surface area (TPSA) is 72.6 Å². The third-order valence-corrected chi connectivity index (χ3v) is 2.09. The number of hydrogen-bond acceptors (Lipinski definition) is 4. The van der Waals surface area contributed by atoms with Crippen LogP contribution in [0.3, 0.4) is 0 Å². The van der Waals surface area contributed by atoms with Crippen molar-refractivity contribution in [1.29, 1.82) is 0 Å². The highest BCUT2D eigenvalue weighted by atomic mass is 16.6. The number of nitro groups is 1. The normalized spacial score (nSPS) is 10.0. The Balaban J connectivity index is 2.93. The molecule has 0 radical (unpaired) electrons. The molecule has 0 saturated heterocycles. The van der Waals surface area contributed by atoms with Gasteiger partial charge in [-0.1, -0.05) is 0 Å². The molecule has 0 saturated carbocycles. The lowest BCUT2D eigenvalue weighted by atomic mass is 10.1. The molecule has 15 heavy (non-hydrogen) atoms. The monoisotopic (exact) mass is 211 g/mol. The quantitative estimate of drug-likeness (QED) is 0.592. The standard InChI is InChI=1S/C10H13NO4/c1-15-10-7-9(11(13)14)5-4-8(10)3-2-6-12/h4-5,7,12H,2-3,6H2,1H3. The van der Waals surface area contributed by atoms with Gasteiger partial charge in [-0.3, -0.25) is 10.1 Å². The minimum atomic E-state index is -0.460.